The Bertz CT molecular complexity index is 699. The van der Waals surface area contributed by atoms with Gasteiger partial charge in [0.1, 0.15) is 12.1 Å². The first-order valence-electron chi connectivity index (χ1n) is 8.27. The first-order chi connectivity index (χ1) is 10.8. The van der Waals surface area contributed by atoms with Crippen LogP contribution in [0.5, 0.6) is 0 Å². The summed E-state index contributed by atoms with van der Waals surface area (Å²) >= 11 is 0. The third-order valence-electron chi connectivity index (χ3n) is 5.71. The standard InChI is InChI=1S/C19H22N2O.ClH/c1-2-13-12-21-10-8-14(13)11-18(21)19(22)16-7-9-20-17-6-4-3-5-15(16)17;/h2-7,9,13-14,18-19,22H,1,8,10-12H2;1H/t13-,14?,18+,19-;/m0./s1. The van der Waals surface area contributed by atoms with E-state index in [1.165, 1.54) is 13.0 Å². The number of benzene rings is 1. The monoisotopic (exact) mass is 330 g/mol. The molecule has 23 heavy (non-hydrogen) atoms. The molecule has 122 valence electrons. The first-order valence-corrected chi connectivity index (χ1v) is 8.27. The van der Waals surface area contributed by atoms with Crippen molar-refractivity contribution in [2.45, 2.75) is 25.0 Å². The van der Waals surface area contributed by atoms with Crippen LogP contribution in [0.1, 0.15) is 24.5 Å². The lowest BCUT2D eigenvalue weighted by Crippen LogP contribution is -3.20. The number of fused-ring (bicyclic) bond motifs is 4. The maximum Gasteiger partial charge on any atom is 0.131 e. The molecule has 0 radical (unpaired) electrons. The summed E-state index contributed by atoms with van der Waals surface area (Å²) in [5.41, 5.74) is 2.00. The lowest BCUT2D eigenvalue weighted by Gasteiger charge is -2.47. The van der Waals surface area contributed by atoms with Gasteiger partial charge in [0.05, 0.1) is 18.6 Å². The maximum absolute atomic E-state index is 11.0. The smallest absolute Gasteiger partial charge is 0.131 e. The number of pyridine rings is 1. The zero-order valence-electron chi connectivity index (χ0n) is 13.2. The summed E-state index contributed by atoms with van der Waals surface area (Å²) < 4.78 is 0. The van der Waals surface area contributed by atoms with Crippen LogP contribution in [0.2, 0.25) is 0 Å². The summed E-state index contributed by atoms with van der Waals surface area (Å²) in [5, 5.41) is 12.1. The molecule has 0 amide bonds. The Balaban J connectivity index is 0.00000156. The van der Waals surface area contributed by atoms with Gasteiger partial charge in [0.2, 0.25) is 0 Å². The Hall–Kier alpha value is -1.42. The third kappa shape index (κ3) is 2.78. The number of quaternary nitrogens is 1. The second-order valence-electron chi connectivity index (χ2n) is 6.77. The molecular weight excluding hydrogens is 308 g/mol. The molecule has 2 N–H and O–H groups in total. The molecule has 3 aliphatic heterocycles. The summed E-state index contributed by atoms with van der Waals surface area (Å²) in [4.78, 5) is 5.95. The highest BCUT2D eigenvalue weighted by Crippen LogP contribution is 2.33. The van der Waals surface area contributed by atoms with E-state index in [1.54, 1.807) is 4.90 Å². The van der Waals surface area contributed by atoms with Crippen molar-refractivity contribution in [3.63, 3.8) is 0 Å². The lowest BCUT2D eigenvalue weighted by atomic mass is 9.73. The van der Waals surface area contributed by atoms with Gasteiger partial charge in [0.15, 0.2) is 0 Å². The largest absolute Gasteiger partial charge is 1.00 e. The molecule has 0 aliphatic carbocycles. The highest BCUT2D eigenvalue weighted by Gasteiger charge is 2.45. The quantitative estimate of drug-likeness (QED) is 0.690. The van der Waals surface area contributed by atoms with E-state index in [0.717, 1.165) is 29.4 Å². The van der Waals surface area contributed by atoms with E-state index in [0.29, 0.717) is 17.9 Å². The number of hydrogen-bond donors (Lipinski definition) is 2. The van der Waals surface area contributed by atoms with Crippen LogP contribution in [-0.2, 0) is 0 Å². The summed E-state index contributed by atoms with van der Waals surface area (Å²) in [6.45, 7) is 6.29. The summed E-state index contributed by atoms with van der Waals surface area (Å²) in [7, 11) is 0. The third-order valence-corrected chi connectivity index (χ3v) is 5.71. The fourth-order valence-corrected chi connectivity index (χ4v) is 4.50. The number of aromatic nitrogens is 1. The second-order valence-corrected chi connectivity index (χ2v) is 6.77. The minimum absolute atomic E-state index is 0. The van der Waals surface area contributed by atoms with Gasteiger partial charge < -0.3 is 22.4 Å². The SMILES string of the molecule is C=C[C@H]1C[NH+]2CCC1C[C@@H]2[C@@H](O)c1ccnc2ccccc12.[Cl-]. The molecule has 2 unspecified atom stereocenters. The predicted molar refractivity (Wildman–Crippen MR) is 87.6 cm³/mol. The molecule has 3 saturated heterocycles. The Morgan fingerprint density at radius 1 is 1.30 bits per heavy atom. The van der Waals surface area contributed by atoms with Gasteiger partial charge in [-0.2, -0.15) is 0 Å². The van der Waals surface area contributed by atoms with Crippen LogP contribution in [0.25, 0.3) is 10.9 Å². The number of para-hydroxylation sites is 1. The second kappa shape index (κ2) is 6.60. The van der Waals surface area contributed by atoms with Gasteiger partial charge in [-0.15, -0.1) is 6.58 Å². The van der Waals surface area contributed by atoms with Gasteiger partial charge in [-0.05, 0) is 23.6 Å². The number of halogens is 1. The van der Waals surface area contributed by atoms with Crippen molar-refractivity contribution in [2.75, 3.05) is 13.1 Å². The van der Waals surface area contributed by atoms with Crippen LogP contribution in [0.3, 0.4) is 0 Å². The van der Waals surface area contributed by atoms with Gasteiger partial charge in [0, 0.05) is 30.3 Å². The highest BCUT2D eigenvalue weighted by atomic mass is 35.5. The van der Waals surface area contributed by atoms with Crippen molar-refractivity contribution in [1.29, 1.82) is 0 Å². The lowest BCUT2D eigenvalue weighted by molar-refractivity contribution is -0.949. The number of rotatable bonds is 3. The maximum atomic E-state index is 11.0. The Morgan fingerprint density at radius 2 is 2.13 bits per heavy atom. The molecule has 3 aliphatic rings. The highest BCUT2D eigenvalue weighted by molar-refractivity contribution is 5.82. The Labute approximate surface area is 143 Å². The minimum atomic E-state index is -0.406. The first kappa shape index (κ1) is 16.4. The van der Waals surface area contributed by atoms with E-state index in [1.807, 2.05) is 30.5 Å². The molecule has 2 aromatic rings. The molecule has 1 aromatic heterocycles. The molecule has 5 atom stereocenters. The van der Waals surface area contributed by atoms with Gasteiger partial charge in [0.25, 0.3) is 0 Å². The molecule has 0 spiro atoms. The summed E-state index contributed by atoms with van der Waals surface area (Å²) in [6, 6.07) is 10.4. The number of aliphatic hydroxyl groups excluding tert-OH is 1. The van der Waals surface area contributed by atoms with Crippen molar-refractivity contribution in [3.8, 4) is 0 Å². The van der Waals surface area contributed by atoms with Crippen molar-refractivity contribution in [3.05, 3.63) is 54.7 Å². The number of nitrogens with zero attached hydrogens (tertiary/aromatic N) is 1. The zero-order chi connectivity index (χ0) is 15.1. The molecule has 3 fully saturated rings. The van der Waals surface area contributed by atoms with E-state index >= 15 is 0 Å². The van der Waals surface area contributed by atoms with Crippen LogP contribution in [0.15, 0.2) is 49.2 Å². The minimum Gasteiger partial charge on any atom is -1.00 e. The van der Waals surface area contributed by atoms with Crippen LogP contribution >= 0.6 is 0 Å². The van der Waals surface area contributed by atoms with Gasteiger partial charge in [-0.25, -0.2) is 0 Å². The van der Waals surface area contributed by atoms with E-state index in [9.17, 15) is 5.11 Å². The molecule has 4 heterocycles. The number of nitrogens with one attached hydrogen (secondary N) is 1. The van der Waals surface area contributed by atoms with E-state index in [4.69, 9.17) is 0 Å². The fourth-order valence-electron chi connectivity index (χ4n) is 4.50. The van der Waals surface area contributed by atoms with Crippen molar-refractivity contribution < 1.29 is 22.4 Å². The molecular formula is C19H23ClN2O. The fraction of sp³-hybridized carbons (Fsp3) is 0.421. The van der Waals surface area contributed by atoms with E-state index in [-0.39, 0.29) is 12.4 Å². The van der Waals surface area contributed by atoms with Crippen LogP contribution in [0.4, 0.5) is 0 Å². The van der Waals surface area contributed by atoms with E-state index < -0.39 is 6.10 Å². The van der Waals surface area contributed by atoms with Gasteiger partial charge in [-0.1, -0.05) is 24.3 Å². The van der Waals surface area contributed by atoms with Crippen molar-refractivity contribution in [2.24, 2.45) is 11.8 Å². The number of hydrogen-bond acceptors (Lipinski definition) is 2. The topological polar surface area (TPSA) is 37.6 Å². The summed E-state index contributed by atoms with van der Waals surface area (Å²) in [5.74, 6) is 1.32. The molecule has 5 rings (SSSR count). The molecule has 0 saturated carbocycles. The molecule has 2 bridgehead atoms. The predicted octanol–water partition coefficient (Wildman–Crippen LogP) is -1.25. The Kier molecular flexibility index (Phi) is 4.72. The Morgan fingerprint density at radius 3 is 2.87 bits per heavy atom. The van der Waals surface area contributed by atoms with Crippen molar-refractivity contribution >= 4 is 10.9 Å². The average molecular weight is 331 g/mol. The van der Waals surface area contributed by atoms with Gasteiger partial charge in [-0.3, -0.25) is 4.98 Å². The van der Waals surface area contributed by atoms with Crippen LogP contribution < -0.4 is 17.3 Å². The number of piperidine rings is 3. The van der Waals surface area contributed by atoms with Crippen LogP contribution in [-0.4, -0.2) is 29.2 Å². The molecule has 3 nitrogen and oxygen atoms in total. The number of aliphatic hydroxyl groups is 1. The van der Waals surface area contributed by atoms with Crippen LogP contribution in [0, 0.1) is 11.8 Å². The zero-order valence-corrected chi connectivity index (χ0v) is 13.9. The van der Waals surface area contributed by atoms with E-state index in [2.05, 4.69) is 23.7 Å². The molecule has 4 heteroatoms. The summed E-state index contributed by atoms with van der Waals surface area (Å²) in [6.07, 6.45) is 5.90. The molecule has 1 aromatic carbocycles. The van der Waals surface area contributed by atoms with Gasteiger partial charge >= 0.3 is 0 Å². The normalized spacial score (nSPS) is 30.7. The average Bonchev–Trinajstić information content (AvgIpc) is 2.60. The van der Waals surface area contributed by atoms with Crippen molar-refractivity contribution in [1.82, 2.24) is 4.98 Å².